The van der Waals surface area contributed by atoms with Gasteiger partial charge in [-0.05, 0) is 27.8 Å². The van der Waals surface area contributed by atoms with Gasteiger partial charge < -0.3 is 9.47 Å². The Morgan fingerprint density at radius 1 is 1.31 bits per heavy atom. The molecule has 3 nitrogen and oxygen atoms in total. The lowest BCUT2D eigenvalue weighted by molar-refractivity contribution is -0.101. The van der Waals surface area contributed by atoms with E-state index in [0.717, 1.165) is 26.4 Å². The Kier molecular flexibility index (Phi) is 3.71. The molecule has 1 fully saturated rings. The maximum absolute atomic E-state index is 5.58. The first-order chi connectivity index (χ1) is 6.00. The minimum atomic E-state index is 0.209. The van der Waals surface area contributed by atoms with E-state index in [1.807, 2.05) is 0 Å². The Morgan fingerprint density at radius 2 is 2.00 bits per heavy atom. The van der Waals surface area contributed by atoms with Gasteiger partial charge in [0.05, 0.1) is 25.9 Å². The van der Waals surface area contributed by atoms with Gasteiger partial charge in [-0.1, -0.05) is 0 Å². The zero-order valence-corrected chi connectivity index (χ0v) is 9.17. The third-order valence-electron chi connectivity index (χ3n) is 2.51. The highest BCUT2D eigenvalue weighted by Gasteiger charge is 2.22. The number of hydrogen-bond acceptors (Lipinski definition) is 3. The molecule has 1 heterocycles. The molecule has 78 valence electrons. The predicted molar refractivity (Wildman–Crippen MR) is 52.9 cm³/mol. The van der Waals surface area contributed by atoms with Crippen LogP contribution in [0.4, 0.5) is 0 Å². The molecule has 1 aliphatic rings. The van der Waals surface area contributed by atoms with Crippen LogP contribution in [0.2, 0.25) is 0 Å². The van der Waals surface area contributed by atoms with Gasteiger partial charge in [0, 0.05) is 12.1 Å². The second-order valence-corrected chi connectivity index (χ2v) is 4.62. The second kappa shape index (κ2) is 4.40. The van der Waals surface area contributed by atoms with E-state index in [-0.39, 0.29) is 11.6 Å². The van der Waals surface area contributed by atoms with Gasteiger partial charge in [-0.3, -0.25) is 4.90 Å². The molecular weight excluding hydrogens is 166 g/mol. The summed E-state index contributed by atoms with van der Waals surface area (Å²) in [6.45, 7) is 9.78. The molecule has 0 spiro atoms. The summed E-state index contributed by atoms with van der Waals surface area (Å²) in [4.78, 5) is 2.30. The first-order valence-corrected chi connectivity index (χ1v) is 4.91. The largest absolute Gasteiger partial charge is 0.376 e. The molecule has 1 aliphatic heterocycles. The molecule has 0 N–H and O–H groups in total. The van der Waals surface area contributed by atoms with Crippen molar-refractivity contribution in [2.24, 2.45) is 0 Å². The van der Waals surface area contributed by atoms with E-state index in [1.165, 1.54) is 0 Å². The fraction of sp³-hybridized carbons (Fsp3) is 1.00. The molecule has 1 rings (SSSR count). The van der Waals surface area contributed by atoms with E-state index in [0.29, 0.717) is 0 Å². The second-order valence-electron chi connectivity index (χ2n) is 4.62. The quantitative estimate of drug-likeness (QED) is 0.647. The number of likely N-dealkylation sites (N-methyl/N-ethyl adjacent to an activating group) is 1. The topological polar surface area (TPSA) is 21.7 Å². The van der Waals surface area contributed by atoms with Crippen molar-refractivity contribution in [3.05, 3.63) is 0 Å². The molecule has 1 saturated heterocycles. The number of hydrogen-bond donors (Lipinski definition) is 0. The van der Waals surface area contributed by atoms with Crippen LogP contribution in [0.15, 0.2) is 0 Å². The van der Waals surface area contributed by atoms with Crippen LogP contribution in [0, 0.1) is 0 Å². The monoisotopic (exact) mass is 187 g/mol. The van der Waals surface area contributed by atoms with Gasteiger partial charge in [-0.2, -0.15) is 0 Å². The van der Waals surface area contributed by atoms with E-state index in [1.54, 1.807) is 0 Å². The van der Waals surface area contributed by atoms with Crippen molar-refractivity contribution in [3.8, 4) is 0 Å². The van der Waals surface area contributed by atoms with Gasteiger partial charge in [0.1, 0.15) is 0 Å². The molecule has 3 heteroatoms. The van der Waals surface area contributed by atoms with Crippen molar-refractivity contribution in [1.82, 2.24) is 4.90 Å². The zero-order chi connectivity index (χ0) is 9.90. The highest BCUT2D eigenvalue weighted by molar-refractivity contribution is 4.76. The Hall–Kier alpha value is -0.120. The van der Waals surface area contributed by atoms with Gasteiger partial charge in [-0.25, -0.2) is 0 Å². The highest BCUT2D eigenvalue weighted by Crippen LogP contribution is 2.12. The van der Waals surface area contributed by atoms with E-state index in [4.69, 9.17) is 9.47 Å². The minimum absolute atomic E-state index is 0.209. The molecule has 0 aromatic heterocycles. The van der Waals surface area contributed by atoms with Gasteiger partial charge in [-0.15, -0.1) is 0 Å². The van der Waals surface area contributed by atoms with E-state index in [2.05, 4.69) is 32.7 Å². The van der Waals surface area contributed by atoms with Gasteiger partial charge in [0.2, 0.25) is 0 Å². The zero-order valence-electron chi connectivity index (χ0n) is 9.17. The molecule has 0 unspecified atom stereocenters. The van der Waals surface area contributed by atoms with Crippen molar-refractivity contribution < 1.29 is 9.47 Å². The molecule has 0 aromatic rings. The molecule has 0 aliphatic carbocycles. The molecule has 13 heavy (non-hydrogen) atoms. The van der Waals surface area contributed by atoms with E-state index >= 15 is 0 Å². The van der Waals surface area contributed by atoms with Crippen LogP contribution in [0.5, 0.6) is 0 Å². The summed E-state index contributed by atoms with van der Waals surface area (Å²) in [5.74, 6) is 0. The van der Waals surface area contributed by atoms with Crippen LogP contribution in [0.3, 0.4) is 0 Å². The third kappa shape index (κ3) is 3.63. The summed E-state index contributed by atoms with van der Waals surface area (Å²) >= 11 is 0. The van der Waals surface area contributed by atoms with Crippen molar-refractivity contribution in [1.29, 1.82) is 0 Å². The van der Waals surface area contributed by atoms with Crippen LogP contribution in [-0.2, 0) is 9.47 Å². The summed E-state index contributed by atoms with van der Waals surface area (Å²) in [5.41, 5.74) is 0.209. The number of rotatable bonds is 2. The first kappa shape index (κ1) is 11.0. The lowest BCUT2D eigenvalue weighted by Crippen LogP contribution is -2.46. The molecule has 0 bridgehead atoms. The van der Waals surface area contributed by atoms with Crippen molar-refractivity contribution in [2.45, 2.75) is 32.4 Å². The fourth-order valence-corrected chi connectivity index (χ4v) is 1.22. The smallest absolute Gasteiger partial charge is 0.0936 e. The van der Waals surface area contributed by atoms with E-state index < -0.39 is 0 Å². The van der Waals surface area contributed by atoms with Crippen molar-refractivity contribution in [2.75, 3.05) is 33.4 Å². The van der Waals surface area contributed by atoms with Gasteiger partial charge >= 0.3 is 0 Å². The lowest BCUT2D eigenvalue weighted by atomic mass is 10.1. The first-order valence-electron chi connectivity index (χ1n) is 4.91. The Morgan fingerprint density at radius 3 is 2.46 bits per heavy atom. The maximum atomic E-state index is 5.58. The van der Waals surface area contributed by atoms with Gasteiger partial charge in [0.25, 0.3) is 0 Å². The normalized spacial score (nSPS) is 25.2. The van der Waals surface area contributed by atoms with Gasteiger partial charge in [0.15, 0.2) is 0 Å². The predicted octanol–water partition coefficient (Wildman–Crippen LogP) is 1.13. The standard InChI is InChI=1S/C10H21NO2/c1-10(2,3)11(4)7-9-8-12-5-6-13-9/h9H,5-8H2,1-4H3/t9-/m0/s1. The van der Waals surface area contributed by atoms with Crippen LogP contribution in [0.25, 0.3) is 0 Å². The molecule has 0 saturated carbocycles. The third-order valence-corrected chi connectivity index (χ3v) is 2.51. The number of ether oxygens (including phenoxy) is 2. The Bertz CT molecular complexity index is 147. The SMILES string of the molecule is CN(C[C@H]1COCCO1)C(C)(C)C. The summed E-state index contributed by atoms with van der Waals surface area (Å²) < 4.78 is 10.9. The van der Waals surface area contributed by atoms with Crippen molar-refractivity contribution in [3.63, 3.8) is 0 Å². The summed E-state index contributed by atoms with van der Waals surface area (Å²) in [6.07, 6.45) is 0.248. The summed E-state index contributed by atoms with van der Waals surface area (Å²) in [6, 6.07) is 0. The van der Waals surface area contributed by atoms with Crippen LogP contribution < -0.4 is 0 Å². The van der Waals surface area contributed by atoms with Crippen molar-refractivity contribution >= 4 is 0 Å². The Balaban J connectivity index is 2.30. The van der Waals surface area contributed by atoms with E-state index in [9.17, 15) is 0 Å². The lowest BCUT2D eigenvalue weighted by Gasteiger charge is -2.35. The van der Waals surface area contributed by atoms with Crippen LogP contribution in [0.1, 0.15) is 20.8 Å². The summed E-state index contributed by atoms with van der Waals surface area (Å²) in [7, 11) is 2.12. The fourth-order valence-electron chi connectivity index (χ4n) is 1.22. The average molecular weight is 187 g/mol. The molecule has 1 atom stereocenters. The molecule has 0 aromatic carbocycles. The summed E-state index contributed by atoms with van der Waals surface area (Å²) in [5, 5.41) is 0. The minimum Gasteiger partial charge on any atom is -0.376 e. The molecule has 0 radical (unpaired) electrons. The maximum Gasteiger partial charge on any atom is 0.0936 e. The van der Waals surface area contributed by atoms with Crippen LogP contribution in [-0.4, -0.2) is 50.0 Å². The molecular formula is C10H21NO2. The molecule has 0 amide bonds. The van der Waals surface area contributed by atoms with Crippen LogP contribution >= 0.6 is 0 Å². The number of nitrogens with zero attached hydrogens (tertiary/aromatic N) is 1. The Labute approximate surface area is 81.0 Å². The highest BCUT2D eigenvalue weighted by atomic mass is 16.6. The average Bonchev–Trinajstić information content (AvgIpc) is 2.04.